The molecular weight excluding hydrogens is 1330 g/mol. The van der Waals surface area contributed by atoms with Gasteiger partial charge in [-0.15, -0.1) is 0 Å². The summed E-state index contributed by atoms with van der Waals surface area (Å²) in [5.41, 5.74) is 29.4. The maximum atomic E-state index is 14.5. The van der Waals surface area contributed by atoms with Crippen molar-refractivity contribution in [2.45, 2.75) is 157 Å². The van der Waals surface area contributed by atoms with Crippen LogP contribution in [0.1, 0.15) is 101 Å². The summed E-state index contributed by atoms with van der Waals surface area (Å²) in [5.74, 6) is -11.4. The van der Waals surface area contributed by atoms with Gasteiger partial charge in [0, 0.05) is 51.9 Å². The summed E-state index contributed by atoms with van der Waals surface area (Å²) in [6.07, 6.45) is -0.550. The Balaban J connectivity index is 1.07. The van der Waals surface area contributed by atoms with Gasteiger partial charge in [-0.3, -0.25) is 77.6 Å². The van der Waals surface area contributed by atoms with Crippen LogP contribution in [0.3, 0.4) is 0 Å². The van der Waals surface area contributed by atoms with E-state index in [1.807, 2.05) is 66.7 Å². The number of unbranched alkanes of at least 4 members (excludes halogenated alkanes) is 2. The molecule has 9 atom stereocenters. The van der Waals surface area contributed by atoms with Crippen LogP contribution in [-0.4, -0.2) is 199 Å². The van der Waals surface area contributed by atoms with E-state index < -0.39 is 157 Å². The number of benzene rings is 4. The van der Waals surface area contributed by atoms with E-state index in [1.165, 1.54) is 0 Å². The quantitative estimate of drug-likeness (QED) is 0.00752. The second-order valence-corrected chi connectivity index (χ2v) is 24.7. The summed E-state index contributed by atoms with van der Waals surface area (Å²) in [5, 5.41) is 53.5. The van der Waals surface area contributed by atoms with Gasteiger partial charge in [0.25, 0.3) is 0 Å². The zero-order chi connectivity index (χ0) is 74.1. The lowest BCUT2D eigenvalue weighted by atomic mass is 10.00. The summed E-state index contributed by atoms with van der Waals surface area (Å²) < 4.78 is 0. The summed E-state index contributed by atoms with van der Waals surface area (Å²) in [7, 11) is 0. The van der Waals surface area contributed by atoms with Crippen LogP contribution in [0.2, 0.25) is 0 Å². The molecular formula is C67H93N19O16. The van der Waals surface area contributed by atoms with Crippen molar-refractivity contribution in [3.63, 3.8) is 0 Å². The Kier molecular flexibility index (Phi) is 32.5. The molecule has 102 heavy (non-hydrogen) atoms. The number of guanidine groups is 2. The molecule has 24 N–H and O–H groups in total. The van der Waals surface area contributed by atoms with Crippen LogP contribution in [0.4, 0.5) is 0 Å². The number of carbonyl (C=O) groups excluding carboxylic acids is 12. The number of fused-ring (bicyclic) bond motifs is 2. The molecule has 2 heterocycles. The van der Waals surface area contributed by atoms with E-state index in [9.17, 15) is 67.4 Å². The van der Waals surface area contributed by atoms with Gasteiger partial charge in [-0.25, -0.2) is 4.89 Å². The van der Waals surface area contributed by atoms with Crippen LogP contribution in [0.25, 0.3) is 21.5 Å². The molecule has 552 valence electrons. The molecule has 35 heteroatoms. The van der Waals surface area contributed by atoms with Gasteiger partial charge in [-0.1, -0.05) is 84.9 Å². The SMILES string of the molecule is NC(N)=NCCC[C@@H]1NC(=O)[C@H](CCCCNC(=O)CCC(N)C(=O)NCCCC[C@@H]2NC(=O)[C@@H](Cc3ccc4ccccc4c3)NC(=O)[C@H](CC(=O)O)NC(=O)CNC(=O)[C@H](CCCN=C(N)N)NC2=O)NC(=O)[C@@H](Cc2ccc3ccccc3c2)NC(=O)[C@H](CCOO)NC(=O)CNC1=O. The van der Waals surface area contributed by atoms with E-state index in [0.717, 1.165) is 21.5 Å². The Morgan fingerprint density at radius 3 is 1.29 bits per heavy atom. The second-order valence-electron chi connectivity index (χ2n) is 24.7. The zero-order valence-corrected chi connectivity index (χ0v) is 56.4. The summed E-state index contributed by atoms with van der Waals surface area (Å²) >= 11 is 0. The summed E-state index contributed by atoms with van der Waals surface area (Å²) in [6.45, 7) is -1.50. The van der Waals surface area contributed by atoms with Crippen LogP contribution < -0.4 is 92.5 Å². The van der Waals surface area contributed by atoms with E-state index in [0.29, 0.717) is 11.1 Å². The molecule has 0 spiro atoms. The Morgan fingerprint density at radius 1 is 0.471 bits per heavy atom. The molecule has 4 aromatic carbocycles. The second kappa shape index (κ2) is 41.5. The molecule has 4 aromatic rings. The fourth-order valence-corrected chi connectivity index (χ4v) is 11.3. The fourth-order valence-electron chi connectivity index (χ4n) is 11.3. The standard InChI is InChI=1S/C67H93N19O16/c68-44(57(92)74-27-8-6-16-48-61(96)82-46(18-10-29-76-67(71)72)59(94)78-37-55(89)80-52(35-56(90)91)65(100)86-51(64(99)84-48)34-39-20-22-41-12-2-4-14-43(41)32-39)23-24-53(87)73-26-7-5-15-47-60(95)81-45(17-9-28-75-66(69)70)58(93)77-36-54(88)79-49(25-30-102-101)62(97)85-50(63(98)83-47)33-38-19-21-40-11-1-3-13-42(40)31-38/h1-4,11-14,19-22,31-32,44-52,101H,5-10,15-18,23-30,33-37,68H2,(H,73,87)(H,74,92)(H,77,93)(H,78,94)(H,79,88)(H,80,89)(H,81,95)(H,82,96)(H,83,98)(H,84,99)(H,85,97)(H,86,100)(H,90,91)(H4,69,70,75)(H4,71,72,76)/t44?,45-,46-,47-,48-,49-,50+,51+,52-/m0/s1. The number of hydrogen-bond donors (Lipinski definition) is 19. The first-order valence-electron chi connectivity index (χ1n) is 33.7. The van der Waals surface area contributed by atoms with Crippen LogP contribution in [-0.2, 0) is 80.1 Å². The minimum Gasteiger partial charge on any atom is -0.481 e. The summed E-state index contributed by atoms with van der Waals surface area (Å²) in [4.78, 5) is 189. The number of hydrogen-bond acceptors (Lipinski definition) is 18. The molecule has 2 aliphatic rings. The van der Waals surface area contributed by atoms with E-state index in [2.05, 4.69) is 78.7 Å². The molecule has 2 saturated heterocycles. The minimum atomic E-state index is -1.69. The van der Waals surface area contributed by atoms with Gasteiger partial charge >= 0.3 is 5.97 Å². The number of rotatable bonds is 31. The predicted molar refractivity (Wildman–Crippen MR) is 373 cm³/mol. The highest BCUT2D eigenvalue weighted by Crippen LogP contribution is 2.20. The fraction of sp³-hybridized carbons (Fsp3) is 0.478. The van der Waals surface area contributed by atoms with Crippen LogP contribution >= 0.6 is 0 Å². The lowest BCUT2D eigenvalue weighted by molar-refractivity contribution is -0.243. The average Bonchev–Trinajstić information content (AvgIpc) is 1.01. The lowest BCUT2D eigenvalue weighted by Crippen LogP contribution is -2.58. The number of carboxylic acids is 1. The molecule has 0 radical (unpaired) electrons. The Hall–Kier alpha value is -11.1. The lowest BCUT2D eigenvalue weighted by Gasteiger charge is -2.26. The van der Waals surface area contributed by atoms with Crippen LogP contribution in [0.5, 0.6) is 0 Å². The number of carbonyl (C=O) groups is 13. The number of aliphatic imine (C=N–C) groups is 2. The zero-order valence-electron chi connectivity index (χ0n) is 56.4. The van der Waals surface area contributed by atoms with E-state index in [-0.39, 0.29) is 134 Å². The van der Waals surface area contributed by atoms with Gasteiger partial charge in [0.05, 0.1) is 32.2 Å². The van der Waals surface area contributed by atoms with Gasteiger partial charge in [-0.05, 0) is 103 Å². The highest BCUT2D eigenvalue weighted by Gasteiger charge is 2.36. The van der Waals surface area contributed by atoms with Gasteiger partial charge in [0.2, 0.25) is 70.9 Å². The van der Waals surface area contributed by atoms with E-state index in [1.54, 1.807) is 18.2 Å². The molecule has 1 unspecified atom stereocenters. The van der Waals surface area contributed by atoms with E-state index in [4.69, 9.17) is 33.9 Å². The number of carboxylic acid groups (broad SMARTS) is 1. The molecule has 35 nitrogen and oxygen atoms in total. The minimum absolute atomic E-state index is 0.00998. The van der Waals surface area contributed by atoms with E-state index >= 15 is 0 Å². The Bertz CT molecular complexity index is 3680. The maximum Gasteiger partial charge on any atom is 0.305 e. The van der Waals surface area contributed by atoms with Crippen molar-refractivity contribution >= 4 is 110 Å². The topological polar surface area (TPSA) is 571 Å². The number of nitrogens with two attached hydrogens (primary N) is 5. The maximum absolute atomic E-state index is 14.5. The first-order valence-corrected chi connectivity index (χ1v) is 33.7. The first-order chi connectivity index (χ1) is 48.8. The highest BCUT2D eigenvalue weighted by molar-refractivity contribution is 6.00. The number of nitrogens with zero attached hydrogens (tertiary/aromatic N) is 2. The largest absolute Gasteiger partial charge is 0.481 e. The van der Waals surface area contributed by atoms with Crippen molar-refractivity contribution in [2.75, 3.05) is 45.9 Å². The van der Waals surface area contributed by atoms with Gasteiger partial charge in [-0.2, -0.15) is 0 Å². The van der Waals surface area contributed by atoms with Gasteiger partial charge in [0.1, 0.15) is 48.3 Å². The van der Waals surface area contributed by atoms with Crippen molar-refractivity contribution in [3.05, 3.63) is 96.1 Å². The van der Waals surface area contributed by atoms with Crippen LogP contribution in [0, 0.1) is 0 Å². The smallest absolute Gasteiger partial charge is 0.305 e. The average molecular weight is 1420 g/mol. The number of amides is 12. The monoisotopic (exact) mass is 1420 g/mol. The third kappa shape index (κ3) is 27.6. The van der Waals surface area contributed by atoms with Crippen molar-refractivity contribution in [2.24, 2.45) is 38.7 Å². The molecule has 0 saturated carbocycles. The van der Waals surface area contributed by atoms with Crippen molar-refractivity contribution < 1.29 is 77.6 Å². The molecule has 0 bridgehead atoms. The predicted octanol–water partition coefficient (Wildman–Crippen LogP) is -3.94. The Labute approximate surface area is 587 Å². The molecule has 0 aliphatic carbocycles. The number of nitrogens with one attached hydrogen (secondary N) is 12. The highest BCUT2D eigenvalue weighted by atomic mass is 17.1. The third-order valence-electron chi connectivity index (χ3n) is 16.7. The van der Waals surface area contributed by atoms with Gasteiger partial charge < -0.3 is 97.6 Å². The first kappa shape index (κ1) is 79.9. The number of aliphatic carboxylic acids is 1. The van der Waals surface area contributed by atoms with Crippen molar-refractivity contribution in [1.82, 2.24) is 63.8 Å². The Morgan fingerprint density at radius 2 is 0.853 bits per heavy atom. The molecule has 0 aromatic heterocycles. The van der Waals surface area contributed by atoms with Gasteiger partial charge in [0.15, 0.2) is 11.9 Å². The molecule has 2 aliphatic heterocycles. The molecule has 6 rings (SSSR count). The third-order valence-corrected chi connectivity index (χ3v) is 16.7. The molecule has 2 fully saturated rings. The van der Waals surface area contributed by atoms with Crippen molar-refractivity contribution in [3.8, 4) is 0 Å². The normalized spacial score (nSPS) is 20.9. The molecule has 12 amide bonds. The van der Waals surface area contributed by atoms with Crippen molar-refractivity contribution in [1.29, 1.82) is 0 Å². The summed E-state index contributed by atoms with van der Waals surface area (Å²) in [6, 6.07) is 13.4. The van der Waals surface area contributed by atoms with Crippen LogP contribution in [0.15, 0.2) is 94.9 Å².